The Labute approximate surface area is 152 Å². The number of nitrogens with zero attached hydrogens (tertiary/aromatic N) is 1. The summed E-state index contributed by atoms with van der Waals surface area (Å²) < 4.78 is 19.6. The minimum atomic E-state index is -0.325. The Kier molecular flexibility index (Phi) is 6.10. The Balaban J connectivity index is 1.65. The van der Waals surface area contributed by atoms with Crippen molar-refractivity contribution < 1.29 is 13.6 Å². The van der Waals surface area contributed by atoms with Crippen LogP contribution in [-0.2, 0) is 11.2 Å². The van der Waals surface area contributed by atoms with Gasteiger partial charge >= 0.3 is 0 Å². The molecule has 3 rings (SSSR count). The van der Waals surface area contributed by atoms with Gasteiger partial charge in [-0.2, -0.15) is 0 Å². The zero-order valence-electron chi connectivity index (χ0n) is 14.0. The molecule has 0 saturated carbocycles. The Bertz CT molecular complexity index is 679. The van der Waals surface area contributed by atoms with Crippen molar-refractivity contribution in [1.29, 1.82) is 0 Å². The van der Waals surface area contributed by atoms with Gasteiger partial charge in [0.2, 0.25) is 5.91 Å². The van der Waals surface area contributed by atoms with Gasteiger partial charge in [-0.05, 0) is 50.2 Å². The molecule has 1 unspecified atom stereocenters. The van der Waals surface area contributed by atoms with Gasteiger partial charge in [-0.15, -0.1) is 0 Å². The van der Waals surface area contributed by atoms with Crippen molar-refractivity contribution in [1.82, 2.24) is 10.2 Å². The molecule has 1 saturated heterocycles. The predicted molar refractivity (Wildman–Crippen MR) is 95.0 cm³/mol. The van der Waals surface area contributed by atoms with Crippen LogP contribution in [0.25, 0.3) is 0 Å². The van der Waals surface area contributed by atoms with E-state index in [9.17, 15) is 9.18 Å². The second-order valence-corrected chi connectivity index (χ2v) is 6.68. The molecule has 1 aromatic carbocycles. The largest absolute Gasteiger partial charge is 0.469 e. The summed E-state index contributed by atoms with van der Waals surface area (Å²) in [6, 6.07) is 8.12. The highest BCUT2D eigenvalue weighted by Gasteiger charge is 2.28. The molecule has 1 aliphatic heterocycles. The van der Waals surface area contributed by atoms with Crippen molar-refractivity contribution in [3.63, 3.8) is 0 Å². The van der Waals surface area contributed by atoms with Crippen molar-refractivity contribution in [3.05, 3.63) is 58.8 Å². The summed E-state index contributed by atoms with van der Waals surface area (Å²) in [5.74, 6) is 0.380. The number of amides is 1. The number of hydrogen-bond donors (Lipinski definition) is 1. The molecular weight excluding hydrogens is 343 g/mol. The second-order valence-electron chi connectivity index (χ2n) is 6.28. The molecule has 1 aromatic heterocycles. The fourth-order valence-electron chi connectivity index (χ4n) is 3.29. The molecule has 0 aliphatic carbocycles. The number of rotatable bonds is 7. The molecule has 6 heteroatoms. The summed E-state index contributed by atoms with van der Waals surface area (Å²) in [7, 11) is 0. The third-order valence-electron chi connectivity index (χ3n) is 4.59. The highest BCUT2D eigenvalue weighted by atomic mass is 35.5. The van der Waals surface area contributed by atoms with Crippen LogP contribution in [0.5, 0.6) is 0 Å². The molecule has 1 fully saturated rings. The highest BCUT2D eigenvalue weighted by Crippen LogP contribution is 2.31. The van der Waals surface area contributed by atoms with Crippen LogP contribution in [0.1, 0.15) is 36.6 Å². The van der Waals surface area contributed by atoms with Crippen molar-refractivity contribution in [2.24, 2.45) is 0 Å². The SMILES string of the molecule is O=C(CCc1ccco1)NCC(c1c(F)cccc1Cl)N1CCCC1. The molecule has 1 atom stereocenters. The molecule has 0 bridgehead atoms. The minimum absolute atomic E-state index is 0.0759. The third-order valence-corrected chi connectivity index (χ3v) is 4.92. The third kappa shape index (κ3) is 4.61. The van der Waals surface area contributed by atoms with Crippen LogP contribution in [0.15, 0.2) is 41.0 Å². The fourth-order valence-corrected chi connectivity index (χ4v) is 3.58. The summed E-state index contributed by atoms with van der Waals surface area (Å²) in [6.07, 6.45) is 4.64. The van der Waals surface area contributed by atoms with Gasteiger partial charge in [-0.3, -0.25) is 9.69 Å². The van der Waals surface area contributed by atoms with Gasteiger partial charge in [0, 0.05) is 30.0 Å². The van der Waals surface area contributed by atoms with Crippen LogP contribution >= 0.6 is 11.6 Å². The van der Waals surface area contributed by atoms with Gasteiger partial charge in [-0.1, -0.05) is 17.7 Å². The molecule has 0 spiro atoms. The van der Waals surface area contributed by atoms with Crippen molar-refractivity contribution in [3.8, 4) is 0 Å². The lowest BCUT2D eigenvalue weighted by Gasteiger charge is -2.29. The summed E-state index contributed by atoms with van der Waals surface area (Å²) in [5, 5.41) is 3.33. The average molecular weight is 365 g/mol. The molecular formula is C19H22ClFN2O2. The van der Waals surface area contributed by atoms with E-state index < -0.39 is 0 Å². The van der Waals surface area contributed by atoms with Crippen LogP contribution in [0.2, 0.25) is 5.02 Å². The zero-order chi connectivity index (χ0) is 17.6. The summed E-state index contributed by atoms with van der Waals surface area (Å²) >= 11 is 6.25. The minimum Gasteiger partial charge on any atom is -0.469 e. The van der Waals surface area contributed by atoms with Crippen LogP contribution in [0, 0.1) is 5.82 Å². The normalized spacial score (nSPS) is 16.1. The molecule has 25 heavy (non-hydrogen) atoms. The lowest BCUT2D eigenvalue weighted by Crippen LogP contribution is -2.37. The number of carbonyl (C=O) groups is 1. The smallest absolute Gasteiger partial charge is 0.220 e. The van der Waals surface area contributed by atoms with E-state index in [4.69, 9.17) is 16.0 Å². The number of carbonyl (C=O) groups excluding carboxylic acids is 1. The first-order chi connectivity index (χ1) is 12.1. The number of halogens is 2. The van der Waals surface area contributed by atoms with Crippen LogP contribution in [-0.4, -0.2) is 30.4 Å². The van der Waals surface area contributed by atoms with Gasteiger partial charge in [0.1, 0.15) is 11.6 Å². The lowest BCUT2D eigenvalue weighted by atomic mass is 10.0. The van der Waals surface area contributed by atoms with E-state index in [0.717, 1.165) is 31.7 Å². The molecule has 0 radical (unpaired) electrons. The second kappa shape index (κ2) is 8.50. The summed E-state index contributed by atoms with van der Waals surface area (Å²) in [4.78, 5) is 14.4. The Morgan fingerprint density at radius 3 is 2.76 bits per heavy atom. The number of benzene rings is 1. The Morgan fingerprint density at radius 1 is 1.28 bits per heavy atom. The molecule has 2 heterocycles. The molecule has 1 N–H and O–H groups in total. The maximum atomic E-state index is 14.4. The monoisotopic (exact) mass is 364 g/mol. The fraction of sp³-hybridized carbons (Fsp3) is 0.421. The van der Waals surface area contributed by atoms with E-state index in [1.165, 1.54) is 6.07 Å². The topological polar surface area (TPSA) is 45.5 Å². The maximum Gasteiger partial charge on any atom is 0.220 e. The van der Waals surface area contributed by atoms with E-state index in [2.05, 4.69) is 10.2 Å². The molecule has 2 aromatic rings. The molecule has 1 amide bonds. The van der Waals surface area contributed by atoms with Gasteiger partial charge in [-0.25, -0.2) is 4.39 Å². The number of aryl methyl sites for hydroxylation is 1. The van der Waals surface area contributed by atoms with Gasteiger partial charge < -0.3 is 9.73 Å². The maximum absolute atomic E-state index is 14.4. The van der Waals surface area contributed by atoms with Crippen LogP contribution in [0.3, 0.4) is 0 Å². The lowest BCUT2D eigenvalue weighted by molar-refractivity contribution is -0.121. The molecule has 1 aliphatic rings. The average Bonchev–Trinajstić information content (AvgIpc) is 3.29. The van der Waals surface area contributed by atoms with E-state index in [1.54, 1.807) is 24.5 Å². The van der Waals surface area contributed by atoms with Gasteiger partial charge in [0.05, 0.1) is 12.3 Å². The zero-order valence-corrected chi connectivity index (χ0v) is 14.8. The van der Waals surface area contributed by atoms with E-state index in [1.807, 2.05) is 6.07 Å². The molecule has 4 nitrogen and oxygen atoms in total. The number of nitrogens with one attached hydrogen (secondary N) is 1. The van der Waals surface area contributed by atoms with Gasteiger partial charge in [0.25, 0.3) is 0 Å². The van der Waals surface area contributed by atoms with Crippen molar-refractivity contribution in [2.45, 2.75) is 31.7 Å². The van der Waals surface area contributed by atoms with E-state index in [0.29, 0.717) is 30.0 Å². The Morgan fingerprint density at radius 2 is 2.08 bits per heavy atom. The highest BCUT2D eigenvalue weighted by molar-refractivity contribution is 6.31. The van der Waals surface area contributed by atoms with Crippen LogP contribution < -0.4 is 5.32 Å². The summed E-state index contributed by atoms with van der Waals surface area (Å²) in [5.41, 5.74) is 0.470. The summed E-state index contributed by atoms with van der Waals surface area (Å²) in [6.45, 7) is 2.12. The number of furan rings is 1. The van der Waals surface area contributed by atoms with Crippen molar-refractivity contribution >= 4 is 17.5 Å². The molecule has 134 valence electrons. The van der Waals surface area contributed by atoms with E-state index in [-0.39, 0.29) is 17.8 Å². The first-order valence-electron chi connectivity index (χ1n) is 8.62. The number of hydrogen-bond acceptors (Lipinski definition) is 3. The first-order valence-corrected chi connectivity index (χ1v) is 9.00. The van der Waals surface area contributed by atoms with Gasteiger partial charge in [0.15, 0.2) is 0 Å². The quantitative estimate of drug-likeness (QED) is 0.808. The van der Waals surface area contributed by atoms with Crippen molar-refractivity contribution in [2.75, 3.05) is 19.6 Å². The first kappa shape index (κ1) is 18.0. The number of likely N-dealkylation sites (tertiary alicyclic amines) is 1. The van der Waals surface area contributed by atoms with Crippen LogP contribution in [0.4, 0.5) is 4.39 Å². The van der Waals surface area contributed by atoms with E-state index >= 15 is 0 Å². The standard InChI is InChI=1S/C19H22ClFN2O2/c20-15-6-3-7-16(21)19(15)17(23-10-1-2-11-23)13-22-18(24)9-8-14-5-4-12-25-14/h3-7,12,17H,1-2,8-11,13H2,(H,22,24). The Hall–Kier alpha value is -1.85. The predicted octanol–water partition coefficient (Wildman–Crippen LogP) is 3.96.